The molecule has 1 aromatic heterocycles. The summed E-state index contributed by atoms with van der Waals surface area (Å²) in [7, 11) is 0. The van der Waals surface area contributed by atoms with E-state index in [9.17, 15) is 55.9 Å². The largest absolute Gasteiger partial charge is 0.480 e. The van der Waals surface area contributed by atoms with E-state index < -0.39 is 95.1 Å². The number of benzene rings is 4. The lowest BCUT2D eigenvalue weighted by atomic mass is 10.0. The maximum Gasteiger partial charge on any atom is 0.407 e. The van der Waals surface area contributed by atoms with Crippen LogP contribution in [0.4, 0.5) is 32.8 Å². The van der Waals surface area contributed by atoms with Crippen molar-refractivity contribution in [2.45, 2.75) is 224 Å². The molecule has 4 saturated heterocycles. The maximum absolute atomic E-state index is 14.0. The summed E-state index contributed by atoms with van der Waals surface area (Å²) in [4.78, 5) is 102. The molecule has 7 N–H and O–H groups in total. The summed E-state index contributed by atoms with van der Waals surface area (Å²) in [5, 5.41) is 33.9. The molecule has 0 saturated carbocycles. The third kappa shape index (κ3) is 43.8. The minimum atomic E-state index is -1.05. The van der Waals surface area contributed by atoms with Gasteiger partial charge in [0, 0.05) is 108 Å². The van der Waals surface area contributed by atoms with Gasteiger partial charge in [0.05, 0.1) is 122 Å². The molecule has 0 bridgehead atoms. The number of para-hydroxylation sites is 2. The van der Waals surface area contributed by atoms with Crippen LogP contribution in [0.3, 0.4) is 0 Å². The Kier molecular flexibility index (Phi) is 55.1. The van der Waals surface area contributed by atoms with Gasteiger partial charge in [-0.15, -0.1) is 11.5 Å². The summed E-state index contributed by atoms with van der Waals surface area (Å²) in [6, 6.07) is 18.7. The molecule has 5 aromatic rings. The normalized spacial score (nSPS) is 16.7. The fourth-order valence-electron chi connectivity index (χ4n) is 13.8. The number of unbranched alkanes of at least 4 members (excludes halogenated alkanes) is 5. The molecule has 130 heavy (non-hydrogen) atoms. The average Bonchev–Trinajstić information content (AvgIpc) is 1.67. The van der Waals surface area contributed by atoms with Crippen molar-refractivity contribution in [3.05, 3.63) is 142 Å². The zero-order valence-electron chi connectivity index (χ0n) is 73.6. The number of hydrogen-bond acceptors (Lipinski definition) is 26. The predicted molar refractivity (Wildman–Crippen MR) is 489 cm³/mol. The summed E-state index contributed by atoms with van der Waals surface area (Å²) in [5.74, 6) is -2.10. The summed E-state index contributed by atoms with van der Waals surface area (Å²) >= 11 is 3.97. The molecule has 38 heteroatoms. The fraction of sp³-hybridized carbons (Fsp3) is 0.609. The number of Topliss-reactive ketones (excluding diaryl/α,β-unsaturated/α-hetero) is 4. The number of hydrogen-bond donors (Lipinski definition) is 7. The highest BCUT2D eigenvalue weighted by atomic mass is 32.2. The Labute approximate surface area is 769 Å². The van der Waals surface area contributed by atoms with E-state index in [0.29, 0.717) is 202 Å². The van der Waals surface area contributed by atoms with Gasteiger partial charge in [-0.3, -0.25) is 39.4 Å². The number of ketones is 4. The lowest BCUT2D eigenvalue weighted by molar-refractivity contribution is -0.123. The first-order chi connectivity index (χ1) is 62.0. The Bertz CT molecular complexity index is 4260. The second kappa shape index (κ2) is 64.5. The minimum Gasteiger partial charge on any atom is -0.480 e. The van der Waals surface area contributed by atoms with E-state index in [-0.39, 0.29) is 63.8 Å². The molecule has 4 aromatic carbocycles. The second-order valence-corrected chi connectivity index (χ2v) is 34.0. The first-order valence-electron chi connectivity index (χ1n) is 43.8. The van der Waals surface area contributed by atoms with Gasteiger partial charge < -0.3 is 78.7 Å². The molecule has 5 heterocycles. The van der Waals surface area contributed by atoms with Crippen molar-refractivity contribution in [3.63, 3.8) is 0 Å². The van der Waals surface area contributed by atoms with Gasteiger partial charge >= 0.3 is 12.1 Å². The van der Waals surface area contributed by atoms with E-state index >= 15 is 0 Å². The van der Waals surface area contributed by atoms with Crippen LogP contribution in [0.2, 0.25) is 0 Å². The van der Waals surface area contributed by atoms with E-state index in [1.807, 2.05) is 18.7 Å². The van der Waals surface area contributed by atoms with E-state index in [2.05, 4.69) is 75.2 Å². The van der Waals surface area contributed by atoms with Crippen molar-refractivity contribution in [3.8, 4) is 29.5 Å². The van der Waals surface area contributed by atoms with Crippen LogP contribution in [0.1, 0.15) is 191 Å². The van der Waals surface area contributed by atoms with Crippen molar-refractivity contribution in [2.24, 2.45) is 5.11 Å². The number of nitrogens with one attached hydrogen (secondary N) is 7. The van der Waals surface area contributed by atoms with Crippen LogP contribution in [-0.2, 0) is 68.4 Å². The van der Waals surface area contributed by atoms with Gasteiger partial charge in [0.2, 0.25) is 0 Å². The fourth-order valence-corrected chi connectivity index (χ4v) is 16.9. The van der Waals surface area contributed by atoms with Gasteiger partial charge in [0.25, 0.3) is 11.8 Å². The van der Waals surface area contributed by atoms with Crippen LogP contribution in [0.15, 0.2) is 96.2 Å². The summed E-state index contributed by atoms with van der Waals surface area (Å²) < 4.78 is 116. The molecule has 0 aliphatic carbocycles. The number of fused-ring (bicyclic) bond motifs is 2. The highest BCUT2D eigenvalue weighted by Gasteiger charge is 2.43. The zero-order chi connectivity index (χ0) is 91.9. The number of terminal acetylenes is 1. The number of alkyl carbamates (subject to hydrolysis) is 1. The summed E-state index contributed by atoms with van der Waals surface area (Å²) in [5.41, 5.74) is 9.77. The van der Waals surface area contributed by atoms with Crippen LogP contribution in [0, 0.1) is 35.6 Å². The van der Waals surface area contributed by atoms with Crippen LogP contribution in [-0.4, -0.2) is 251 Å². The number of amides is 5. The third-order valence-electron chi connectivity index (χ3n) is 20.3. The SMILES string of the molecule is C.C.C#CCOCCOCCOCCOCCCC(=O)CCCC[C@@H]1SC[C@@H]2NC(=O)N[C@@H]21.CC(C)(C)OC(=O)NCCCC[C@H](NC(=O)c1cccc(N=[N+]=[N-])c1)C(=O)COc1c(F)cccc1F.CCCCC[C@H](NC(=O)c1cccc(-n2cc(COCCOCCOCCOCCCC(=O)CCCC[C@@H]3SC[C@@H]4NCN[C@@H]43)nn2)c1)C(=O)COc1c(F)cccc1F. The van der Waals surface area contributed by atoms with Crippen molar-refractivity contribution in [1.82, 2.24) is 52.2 Å². The molecular formula is C92H133F4N13O19S2. The van der Waals surface area contributed by atoms with E-state index in [1.54, 1.807) is 51.2 Å². The smallest absolute Gasteiger partial charge is 0.407 e. The van der Waals surface area contributed by atoms with Gasteiger partial charge in [-0.25, -0.2) is 31.8 Å². The number of carbonyl (C=O) groups is 8. The first-order valence-corrected chi connectivity index (χ1v) is 45.9. The molecule has 9 rings (SSSR count). The minimum absolute atomic E-state index is 0. The van der Waals surface area contributed by atoms with Crippen LogP contribution >= 0.6 is 23.5 Å². The van der Waals surface area contributed by atoms with Gasteiger partial charge in [0.15, 0.2) is 46.3 Å². The molecule has 4 aliphatic rings. The number of halogens is 4. The zero-order valence-corrected chi connectivity index (χ0v) is 75.2. The van der Waals surface area contributed by atoms with E-state index in [0.717, 1.165) is 101 Å². The van der Waals surface area contributed by atoms with E-state index in [4.69, 9.17) is 64.1 Å². The highest BCUT2D eigenvalue weighted by molar-refractivity contribution is 8.00. The van der Waals surface area contributed by atoms with Crippen LogP contribution in [0.5, 0.6) is 11.5 Å². The number of ether oxygens (including phenoxy) is 11. The van der Waals surface area contributed by atoms with Crippen molar-refractivity contribution >= 4 is 76.3 Å². The number of rotatable bonds is 62. The molecule has 720 valence electrons. The average molecular weight is 1870 g/mol. The summed E-state index contributed by atoms with van der Waals surface area (Å²) in [6.07, 6.45) is 20.2. The topological polar surface area (TPSA) is 402 Å². The lowest BCUT2D eigenvalue weighted by Crippen LogP contribution is -2.43. The Morgan fingerprint density at radius 3 is 1.58 bits per heavy atom. The molecule has 0 radical (unpaired) electrons. The Balaban J connectivity index is 0.000000368. The first kappa shape index (κ1) is 111. The summed E-state index contributed by atoms with van der Waals surface area (Å²) in [6.45, 7) is 14.3. The molecule has 4 fully saturated rings. The standard InChI is InChI=1S/C43H60F2N6O8S.C25H29F2N5O5.C22H36N2O6S.2CH4/c1-2-3-4-16-37(39(53)28-59-42-35(44)14-8-15-36(42)45)48-43(54)31-10-7-11-33(25-31)51-26-32(49-50-51)27-58-24-23-57-22-21-56-20-19-55-18-9-13-34(52)12-5-6-17-40-41-38(29-60-40)46-30-47-41;1-25(2,3)37-24(35)29-13-5-4-12-20(21(33)15-36-22-18(26)10-7-11-19(22)27)30-23(34)16-8-6-9-17(14-16)31-32-28;1-2-9-27-11-13-29-15-16-30-14-12-28-10-5-7-18(25)6-3-4-8-20-21-19(17-31-20)23-22(26)24-21;;/h7-8,10-11,14-15,25-26,37-38,40-41,46-47H,2-6,9,12-13,16-24,27-30H2,1H3,(H,48,54);6-11,14,20H,4-5,12-13,15H2,1-3H3,(H,29,35)(H,30,34);1,19-21H,3-17H2,(H2,23,24,26);2*1H4/t37-,38-,40-,41-;20-;19-,20-,21-;;/m000../s1. The van der Waals surface area contributed by atoms with Crippen LogP contribution < -0.4 is 46.7 Å². The quantitative estimate of drug-likeness (QED) is 0.00361. The van der Waals surface area contributed by atoms with Gasteiger partial charge in [-0.05, 0) is 145 Å². The molecule has 8 atom stereocenters. The van der Waals surface area contributed by atoms with Crippen molar-refractivity contribution in [1.29, 1.82) is 0 Å². The molecule has 0 spiro atoms. The number of nitrogens with zero attached hydrogens (tertiary/aromatic N) is 6. The lowest BCUT2D eigenvalue weighted by Gasteiger charge is -2.20. The Morgan fingerprint density at radius 1 is 0.585 bits per heavy atom. The highest BCUT2D eigenvalue weighted by Crippen LogP contribution is 2.35. The Morgan fingerprint density at radius 2 is 1.06 bits per heavy atom. The molecule has 32 nitrogen and oxygen atoms in total. The molecule has 5 amide bonds. The number of urea groups is 1. The molecule has 0 unspecified atom stereocenters. The van der Waals surface area contributed by atoms with Gasteiger partial charge in [-0.2, -0.15) is 23.5 Å². The maximum atomic E-state index is 14.0. The Hall–Kier alpha value is -9.33. The number of carbonyl (C=O) groups excluding carboxylic acids is 8. The van der Waals surface area contributed by atoms with Crippen molar-refractivity contribution < 1.29 is 108 Å². The number of aromatic nitrogens is 3. The molecular weight excluding hydrogens is 1730 g/mol. The van der Waals surface area contributed by atoms with Crippen molar-refractivity contribution in [2.75, 3.05) is 137 Å². The predicted octanol–water partition coefficient (Wildman–Crippen LogP) is 13.7. The molecule has 4 aliphatic heterocycles. The van der Waals surface area contributed by atoms with Crippen LogP contribution in [0.25, 0.3) is 16.1 Å². The third-order valence-corrected chi connectivity index (χ3v) is 23.3. The second-order valence-electron chi connectivity index (χ2n) is 31.5. The van der Waals surface area contributed by atoms with E-state index in [1.165, 1.54) is 47.2 Å². The number of thioether (sulfide) groups is 2. The number of azide groups is 1. The monoisotopic (exact) mass is 1860 g/mol. The van der Waals surface area contributed by atoms with Gasteiger partial charge in [0.1, 0.15) is 42.7 Å². The van der Waals surface area contributed by atoms with Gasteiger partial charge in [-0.1, -0.05) is 100 Å².